The van der Waals surface area contributed by atoms with Crippen LogP contribution >= 0.6 is 0 Å². The minimum absolute atomic E-state index is 0.0506. The van der Waals surface area contributed by atoms with Crippen LogP contribution in [0.4, 0.5) is 0 Å². The first-order valence-corrected chi connectivity index (χ1v) is 7.98. The molecular formula is C20H25NO2. The Hall–Kier alpha value is -2.29. The third-order valence-electron chi connectivity index (χ3n) is 4.03. The number of hydrogen-bond acceptors (Lipinski definition) is 2. The van der Waals surface area contributed by atoms with E-state index in [-0.39, 0.29) is 11.9 Å². The van der Waals surface area contributed by atoms with E-state index in [4.69, 9.17) is 4.74 Å². The first-order valence-electron chi connectivity index (χ1n) is 7.98. The lowest BCUT2D eigenvalue weighted by Gasteiger charge is -2.21. The molecule has 0 unspecified atom stereocenters. The van der Waals surface area contributed by atoms with Crippen LogP contribution in [-0.4, -0.2) is 12.0 Å². The Morgan fingerprint density at radius 1 is 1.00 bits per heavy atom. The fourth-order valence-electron chi connectivity index (χ4n) is 2.57. The van der Waals surface area contributed by atoms with Crippen molar-refractivity contribution in [3.8, 4) is 5.75 Å². The molecule has 0 spiro atoms. The first kappa shape index (κ1) is 17.1. The predicted octanol–water partition coefficient (Wildman–Crippen LogP) is 4.26. The summed E-state index contributed by atoms with van der Waals surface area (Å²) in [4.78, 5) is 12.4. The monoisotopic (exact) mass is 311 g/mol. The van der Waals surface area contributed by atoms with Gasteiger partial charge in [-0.15, -0.1) is 0 Å². The third kappa shape index (κ3) is 4.35. The average molecular weight is 311 g/mol. The zero-order valence-corrected chi connectivity index (χ0v) is 14.5. The smallest absolute Gasteiger partial charge is 0.261 e. The molecule has 3 heteroatoms. The summed E-state index contributed by atoms with van der Waals surface area (Å²) in [6.07, 6.45) is -0.538. The predicted molar refractivity (Wildman–Crippen MR) is 93.7 cm³/mol. The van der Waals surface area contributed by atoms with E-state index in [9.17, 15) is 4.79 Å². The maximum atomic E-state index is 12.4. The highest BCUT2D eigenvalue weighted by atomic mass is 16.5. The van der Waals surface area contributed by atoms with E-state index < -0.39 is 6.10 Å². The summed E-state index contributed by atoms with van der Waals surface area (Å²) in [6, 6.07) is 13.9. The van der Waals surface area contributed by atoms with Crippen LogP contribution in [0.5, 0.6) is 5.75 Å². The van der Waals surface area contributed by atoms with Crippen LogP contribution in [0.3, 0.4) is 0 Å². The van der Waals surface area contributed by atoms with Gasteiger partial charge in [0.2, 0.25) is 0 Å². The molecule has 0 aromatic heterocycles. The van der Waals surface area contributed by atoms with Crippen molar-refractivity contribution in [3.05, 3.63) is 64.7 Å². The lowest BCUT2D eigenvalue weighted by Crippen LogP contribution is -2.38. The highest BCUT2D eigenvalue weighted by Crippen LogP contribution is 2.20. The topological polar surface area (TPSA) is 38.3 Å². The van der Waals surface area contributed by atoms with Crippen LogP contribution in [0.25, 0.3) is 0 Å². The van der Waals surface area contributed by atoms with Gasteiger partial charge in [0.05, 0.1) is 6.04 Å². The zero-order chi connectivity index (χ0) is 17.0. The van der Waals surface area contributed by atoms with Gasteiger partial charge in [0.15, 0.2) is 6.10 Å². The second-order valence-electron chi connectivity index (χ2n) is 6.12. The number of carbonyl (C=O) groups excluding carboxylic acids is 1. The van der Waals surface area contributed by atoms with Gasteiger partial charge in [0, 0.05) is 0 Å². The molecule has 0 aliphatic heterocycles. The SMILES string of the molecule is Cc1ccc(C)c([C@@H](C)NC(=O)[C@@H](C)Oc2ccccc2C)c1. The number of rotatable bonds is 5. The molecule has 0 bridgehead atoms. The summed E-state index contributed by atoms with van der Waals surface area (Å²) >= 11 is 0. The summed E-state index contributed by atoms with van der Waals surface area (Å²) in [5, 5.41) is 3.04. The lowest BCUT2D eigenvalue weighted by molar-refractivity contribution is -0.127. The molecule has 0 radical (unpaired) electrons. The number of nitrogens with one attached hydrogen (secondary N) is 1. The van der Waals surface area contributed by atoms with E-state index in [1.165, 1.54) is 11.1 Å². The minimum Gasteiger partial charge on any atom is -0.481 e. The molecular weight excluding hydrogens is 286 g/mol. The maximum absolute atomic E-state index is 12.4. The second kappa shape index (κ2) is 7.32. The number of para-hydroxylation sites is 1. The number of hydrogen-bond donors (Lipinski definition) is 1. The molecule has 2 aromatic rings. The van der Waals surface area contributed by atoms with Crippen LogP contribution in [0, 0.1) is 20.8 Å². The standard InChI is InChI=1S/C20H25NO2/c1-13-10-11-14(2)18(12-13)16(4)21-20(22)17(5)23-19-9-7-6-8-15(19)3/h6-12,16-17H,1-5H3,(H,21,22)/t16-,17-/m1/s1. The Bertz CT molecular complexity index is 694. The van der Waals surface area contributed by atoms with Crippen molar-refractivity contribution >= 4 is 5.91 Å². The van der Waals surface area contributed by atoms with Crippen LogP contribution in [-0.2, 0) is 4.79 Å². The summed E-state index contributed by atoms with van der Waals surface area (Å²) in [5.74, 6) is 0.635. The van der Waals surface area contributed by atoms with Gasteiger partial charge in [0.1, 0.15) is 5.75 Å². The van der Waals surface area contributed by atoms with E-state index in [0.29, 0.717) is 0 Å². The van der Waals surface area contributed by atoms with Crippen molar-refractivity contribution in [2.45, 2.75) is 46.8 Å². The Morgan fingerprint density at radius 3 is 2.39 bits per heavy atom. The number of benzene rings is 2. The maximum Gasteiger partial charge on any atom is 0.261 e. The number of ether oxygens (including phenoxy) is 1. The van der Waals surface area contributed by atoms with Gasteiger partial charge in [-0.3, -0.25) is 4.79 Å². The Morgan fingerprint density at radius 2 is 1.70 bits per heavy atom. The third-order valence-corrected chi connectivity index (χ3v) is 4.03. The van der Waals surface area contributed by atoms with Gasteiger partial charge in [-0.1, -0.05) is 42.0 Å². The minimum atomic E-state index is -0.538. The summed E-state index contributed by atoms with van der Waals surface area (Å²) < 4.78 is 5.79. The van der Waals surface area contributed by atoms with E-state index in [1.807, 2.05) is 38.1 Å². The molecule has 0 fully saturated rings. The molecule has 122 valence electrons. The average Bonchev–Trinajstić information content (AvgIpc) is 2.51. The molecule has 2 rings (SSSR count). The molecule has 0 saturated carbocycles. The Balaban J connectivity index is 2.03. The highest BCUT2D eigenvalue weighted by molar-refractivity contribution is 5.81. The van der Waals surface area contributed by atoms with Gasteiger partial charge in [0.25, 0.3) is 5.91 Å². The van der Waals surface area contributed by atoms with Crippen molar-refractivity contribution in [3.63, 3.8) is 0 Å². The van der Waals surface area contributed by atoms with Crippen molar-refractivity contribution in [1.82, 2.24) is 5.32 Å². The quantitative estimate of drug-likeness (QED) is 0.896. The van der Waals surface area contributed by atoms with Crippen molar-refractivity contribution < 1.29 is 9.53 Å². The number of aryl methyl sites for hydroxylation is 3. The normalized spacial score (nSPS) is 13.3. The van der Waals surface area contributed by atoms with Gasteiger partial charge >= 0.3 is 0 Å². The van der Waals surface area contributed by atoms with Crippen LogP contribution in [0.15, 0.2) is 42.5 Å². The molecule has 1 N–H and O–H groups in total. The van der Waals surface area contributed by atoms with Crippen molar-refractivity contribution in [1.29, 1.82) is 0 Å². The summed E-state index contributed by atoms with van der Waals surface area (Å²) in [5.41, 5.74) is 4.53. The van der Waals surface area contributed by atoms with Crippen molar-refractivity contribution in [2.24, 2.45) is 0 Å². The van der Waals surface area contributed by atoms with Gasteiger partial charge in [-0.05, 0) is 57.4 Å². The van der Waals surface area contributed by atoms with E-state index in [0.717, 1.165) is 16.9 Å². The molecule has 2 atom stereocenters. The number of carbonyl (C=O) groups is 1. The molecule has 0 saturated heterocycles. The fourth-order valence-corrected chi connectivity index (χ4v) is 2.57. The van der Waals surface area contributed by atoms with Crippen LogP contribution < -0.4 is 10.1 Å². The molecule has 0 aliphatic rings. The van der Waals surface area contributed by atoms with Gasteiger partial charge < -0.3 is 10.1 Å². The fraction of sp³-hybridized carbons (Fsp3) is 0.350. The molecule has 1 amide bonds. The van der Waals surface area contributed by atoms with Gasteiger partial charge in [-0.25, -0.2) is 0 Å². The molecule has 3 nitrogen and oxygen atoms in total. The van der Waals surface area contributed by atoms with E-state index in [1.54, 1.807) is 6.92 Å². The number of amides is 1. The molecule has 0 aliphatic carbocycles. The van der Waals surface area contributed by atoms with Crippen LogP contribution in [0.1, 0.15) is 42.1 Å². The van der Waals surface area contributed by atoms with Gasteiger partial charge in [-0.2, -0.15) is 0 Å². The van der Waals surface area contributed by atoms with Crippen molar-refractivity contribution in [2.75, 3.05) is 0 Å². The second-order valence-corrected chi connectivity index (χ2v) is 6.12. The highest BCUT2D eigenvalue weighted by Gasteiger charge is 2.19. The molecule has 0 heterocycles. The van der Waals surface area contributed by atoms with Crippen LogP contribution in [0.2, 0.25) is 0 Å². The largest absolute Gasteiger partial charge is 0.481 e. The lowest BCUT2D eigenvalue weighted by atomic mass is 10.00. The zero-order valence-electron chi connectivity index (χ0n) is 14.5. The molecule has 23 heavy (non-hydrogen) atoms. The first-order chi connectivity index (χ1) is 10.9. The molecule has 2 aromatic carbocycles. The van der Waals surface area contributed by atoms with E-state index >= 15 is 0 Å². The Labute approximate surface area is 138 Å². The summed E-state index contributed by atoms with van der Waals surface area (Å²) in [6.45, 7) is 9.86. The summed E-state index contributed by atoms with van der Waals surface area (Å²) in [7, 11) is 0. The Kier molecular flexibility index (Phi) is 5.43. The van der Waals surface area contributed by atoms with E-state index in [2.05, 4.69) is 37.4 Å².